The van der Waals surface area contributed by atoms with Gasteiger partial charge in [0.25, 0.3) is 0 Å². The lowest BCUT2D eigenvalue weighted by Gasteiger charge is -2.26. The van der Waals surface area contributed by atoms with Crippen molar-refractivity contribution in [3.63, 3.8) is 0 Å². The third kappa shape index (κ3) is 3.58. The lowest BCUT2D eigenvalue weighted by molar-refractivity contribution is 0.0113. The summed E-state index contributed by atoms with van der Waals surface area (Å²) in [5.74, 6) is 0.780. The van der Waals surface area contributed by atoms with E-state index in [0.717, 1.165) is 18.8 Å². The molecule has 0 saturated heterocycles. The van der Waals surface area contributed by atoms with Crippen LogP contribution >= 0.6 is 0 Å². The maximum Gasteiger partial charge on any atom is 0.0623 e. The van der Waals surface area contributed by atoms with Gasteiger partial charge in [-0.25, -0.2) is 0 Å². The third-order valence-corrected chi connectivity index (χ3v) is 3.64. The summed E-state index contributed by atoms with van der Waals surface area (Å²) in [5.41, 5.74) is 6.18. The Morgan fingerprint density at radius 1 is 1.36 bits per heavy atom. The molecule has 2 nitrogen and oxygen atoms in total. The van der Waals surface area contributed by atoms with Crippen LogP contribution in [0.25, 0.3) is 0 Å². The topological polar surface area (TPSA) is 35.2 Å². The number of ether oxygens (including phenoxy) is 1. The fraction of sp³-hybridized carbons (Fsp3) is 1.00. The first-order valence-electron chi connectivity index (χ1n) is 5.86. The average Bonchev–Trinajstić information content (AvgIpc) is 2.67. The molecule has 1 fully saturated rings. The van der Waals surface area contributed by atoms with Crippen molar-refractivity contribution in [2.45, 2.75) is 64.0 Å². The molecule has 0 heterocycles. The molecule has 1 unspecified atom stereocenters. The molecule has 0 bridgehead atoms. The third-order valence-electron chi connectivity index (χ3n) is 3.64. The SMILES string of the molecule is COC(C)(C)CCC(N)C1CCCC1. The smallest absolute Gasteiger partial charge is 0.0623 e. The predicted molar refractivity (Wildman–Crippen MR) is 60.3 cm³/mol. The molecule has 0 spiro atoms. The molecule has 1 aliphatic rings. The fourth-order valence-electron chi connectivity index (χ4n) is 2.24. The van der Waals surface area contributed by atoms with Crippen LogP contribution < -0.4 is 5.73 Å². The zero-order valence-corrected chi connectivity index (χ0v) is 9.88. The largest absolute Gasteiger partial charge is 0.379 e. The van der Waals surface area contributed by atoms with Crippen LogP contribution in [0, 0.1) is 5.92 Å². The minimum atomic E-state index is -0.00375. The van der Waals surface area contributed by atoms with Gasteiger partial charge in [0.1, 0.15) is 0 Å². The van der Waals surface area contributed by atoms with Crippen molar-refractivity contribution in [2.24, 2.45) is 11.7 Å². The molecule has 1 rings (SSSR count). The van der Waals surface area contributed by atoms with Crippen molar-refractivity contribution >= 4 is 0 Å². The van der Waals surface area contributed by atoms with Gasteiger partial charge in [-0.05, 0) is 45.4 Å². The predicted octanol–water partition coefficient (Wildman–Crippen LogP) is 2.71. The number of methoxy groups -OCH3 is 1. The summed E-state index contributed by atoms with van der Waals surface area (Å²) in [5, 5.41) is 0. The highest BCUT2D eigenvalue weighted by Gasteiger charge is 2.24. The lowest BCUT2D eigenvalue weighted by atomic mass is 9.91. The molecule has 0 amide bonds. The highest BCUT2D eigenvalue weighted by atomic mass is 16.5. The summed E-state index contributed by atoms with van der Waals surface area (Å²) in [7, 11) is 1.78. The van der Waals surface area contributed by atoms with Crippen molar-refractivity contribution in [1.29, 1.82) is 0 Å². The molecule has 1 aliphatic carbocycles. The Labute approximate surface area is 88.2 Å². The number of nitrogens with two attached hydrogens (primary N) is 1. The van der Waals surface area contributed by atoms with E-state index in [-0.39, 0.29) is 5.60 Å². The van der Waals surface area contributed by atoms with Crippen LogP contribution in [0.15, 0.2) is 0 Å². The van der Waals surface area contributed by atoms with Crippen LogP contribution in [0.4, 0.5) is 0 Å². The summed E-state index contributed by atoms with van der Waals surface area (Å²) in [4.78, 5) is 0. The van der Waals surface area contributed by atoms with E-state index in [1.807, 2.05) is 0 Å². The fourth-order valence-corrected chi connectivity index (χ4v) is 2.24. The molecule has 0 aromatic carbocycles. The van der Waals surface area contributed by atoms with Crippen molar-refractivity contribution in [3.8, 4) is 0 Å². The monoisotopic (exact) mass is 199 g/mol. The first kappa shape index (κ1) is 12.0. The first-order chi connectivity index (χ1) is 6.55. The van der Waals surface area contributed by atoms with E-state index in [2.05, 4.69) is 13.8 Å². The average molecular weight is 199 g/mol. The minimum Gasteiger partial charge on any atom is -0.379 e. The van der Waals surface area contributed by atoms with Crippen LogP contribution in [-0.2, 0) is 4.74 Å². The molecule has 0 aromatic heterocycles. The van der Waals surface area contributed by atoms with Gasteiger partial charge in [-0.1, -0.05) is 12.8 Å². The zero-order valence-electron chi connectivity index (χ0n) is 9.88. The van der Waals surface area contributed by atoms with Crippen LogP contribution in [0.1, 0.15) is 52.4 Å². The summed E-state index contributed by atoms with van der Waals surface area (Å²) in [6, 6.07) is 0.395. The summed E-state index contributed by atoms with van der Waals surface area (Å²) in [6.07, 6.45) is 7.62. The van der Waals surface area contributed by atoms with Gasteiger partial charge >= 0.3 is 0 Å². The first-order valence-corrected chi connectivity index (χ1v) is 5.86. The van der Waals surface area contributed by atoms with E-state index in [4.69, 9.17) is 10.5 Å². The van der Waals surface area contributed by atoms with Gasteiger partial charge in [0.15, 0.2) is 0 Å². The van der Waals surface area contributed by atoms with Crippen molar-refractivity contribution < 1.29 is 4.74 Å². The van der Waals surface area contributed by atoms with Gasteiger partial charge in [0.05, 0.1) is 5.60 Å². The van der Waals surface area contributed by atoms with Gasteiger partial charge in [0, 0.05) is 13.2 Å². The van der Waals surface area contributed by atoms with Gasteiger partial charge in [-0.3, -0.25) is 0 Å². The normalized spacial score (nSPS) is 21.4. The second kappa shape index (κ2) is 5.13. The summed E-state index contributed by atoms with van der Waals surface area (Å²) < 4.78 is 5.40. The zero-order chi connectivity index (χ0) is 10.6. The molecular formula is C12H25NO. The molecule has 0 aromatic rings. The molecule has 84 valence electrons. The molecule has 1 saturated carbocycles. The Morgan fingerprint density at radius 3 is 2.43 bits per heavy atom. The summed E-state index contributed by atoms with van der Waals surface area (Å²) >= 11 is 0. The molecular weight excluding hydrogens is 174 g/mol. The Hall–Kier alpha value is -0.0800. The van der Waals surface area contributed by atoms with E-state index in [1.54, 1.807) is 7.11 Å². The van der Waals surface area contributed by atoms with E-state index < -0.39 is 0 Å². The maximum atomic E-state index is 6.19. The Kier molecular flexibility index (Phi) is 4.39. The van der Waals surface area contributed by atoms with E-state index in [9.17, 15) is 0 Å². The van der Waals surface area contributed by atoms with Crippen LogP contribution in [0.3, 0.4) is 0 Å². The highest BCUT2D eigenvalue weighted by molar-refractivity contribution is 4.80. The Balaban J connectivity index is 2.23. The van der Waals surface area contributed by atoms with Gasteiger partial charge in [-0.15, -0.1) is 0 Å². The maximum absolute atomic E-state index is 6.19. The standard InChI is InChI=1S/C12H25NO/c1-12(2,14-3)9-8-11(13)10-6-4-5-7-10/h10-11H,4-9,13H2,1-3H3. The van der Waals surface area contributed by atoms with Gasteiger partial charge in [-0.2, -0.15) is 0 Å². The molecule has 2 heteroatoms. The van der Waals surface area contributed by atoms with E-state index in [0.29, 0.717) is 6.04 Å². The van der Waals surface area contributed by atoms with Crippen LogP contribution in [0.2, 0.25) is 0 Å². The number of rotatable bonds is 5. The number of hydrogen-bond acceptors (Lipinski definition) is 2. The molecule has 2 N–H and O–H groups in total. The van der Waals surface area contributed by atoms with Crippen LogP contribution in [0.5, 0.6) is 0 Å². The van der Waals surface area contributed by atoms with Crippen molar-refractivity contribution in [2.75, 3.05) is 7.11 Å². The summed E-state index contributed by atoms with van der Waals surface area (Å²) in [6.45, 7) is 4.27. The Morgan fingerprint density at radius 2 is 1.93 bits per heavy atom. The van der Waals surface area contributed by atoms with Gasteiger partial charge < -0.3 is 10.5 Å². The molecule has 14 heavy (non-hydrogen) atoms. The second-order valence-corrected chi connectivity index (χ2v) is 5.21. The van der Waals surface area contributed by atoms with Crippen molar-refractivity contribution in [1.82, 2.24) is 0 Å². The lowest BCUT2D eigenvalue weighted by Crippen LogP contribution is -2.32. The van der Waals surface area contributed by atoms with Crippen molar-refractivity contribution in [3.05, 3.63) is 0 Å². The van der Waals surface area contributed by atoms with E-state index >= 15 is 0 Å². The molecule has 0 aliphatic heterocycles. The van der Waals surface area contributed by atoms with Crippen LogP contribution in [-0.4, -0.2) is 18.8 Å². The molecule has 0 radical (unpaired) electrons. The molecule has 1 atom stereocenters. The minimum absolute atomic E-state index is 0.00375. The second-order valence-electron chi connectivity index (χ2n) is 5.21. The van der Waals surface area contributed by atoms with E-state index in [1.165, 1.54) is 25.7 Å². The highest BCUT2D eigenvalue weighted by Crippen LogP contribution is 2.29. The quantitative estimate of drug-likeness (QED) is 0.739. The number of hydrogen-bond donors (Lipinski definition) is 1. The Bertz CT molecular complexity index is 162. The van der Waals surface area contributed by atoms with Gasteiger partial charge in [0.2, 0.25) is 0 Å².